The molecule has 0 amide bonds. The van der Waals surface area contributed by atoms with E-state index in [0.717, 1.165) is 23.7 Å². The molecule has 0 aliphatic carbocycles. The summed E-state index contributed by atoms with van der Waals surface area (Å²) in [6, 6.07) is 3.56. The maximum atomic E-state index is 13.0. The van der Waals surface area contributed by atoms with E-state index >= 15 is 0 Å². The molecule has 21 heavy (non-hydrogen) atoms. The monoisotopic (exact) mass is 318 g/mol. The number of hydrogen-bond acceptors (Lipinski definition) is 3. The molecule has 0 fully saturated rings. The zero-order valence-electron chi connectivity index (χ0n) is 11.3. The van der Waals surface area contributed by atoms with E-state index in [2.05, 4.69) is 15.6 Å². The number of nitrogens with one attached hydrogen (secondary N) is 1. The molecule has 0 bridgehead atoms. The quantitative estimate of drug-likeness (QED) is 0.859. The highest BCUT2D eigenvalue weighted by Gasteiger charge is 2.34. The number of nitrogens with zero attached hydrogens (tertiary/aromatic N) is 3. The van der Waals surface area contributed by atoms with Gasteiger partial charge in [-0.1, -0.05) is 23.7 Å². The van der Waals surface area contributed by atoms with Crippen LogP contribution in [0.4, 0.5) is 13.2 Å². The van der Waals surface area contributed by atoms with Crippen molar-refractivity contribution in [3.8, 4) is 5.69 Å². The molecule has 0 radical (unpaired) electrons. The van der Waals surface area contributed by atoms with Crippen molar-refractivity contribution in [3.05, 3.63) is 40.7 Å². The first kappa shape index (κ1) is 15.8. The molecule has 0 atom stereocenters. The molecule has 0 spiro atoms. The van der Waals surface area contributed by atoms with Crippen LogP contribution in [0.25, 0.3) is 5.69 Å². The summed E-state index contributed by atoms with van der Waals surface area (Å²) >= 11 is 5.64. The van der Waals surface area contributed by atoms with Crippen LogP contribution in [-0.4, -0.2) is 21.5 Å². The molecule has 0 unspecified atom stereocenters. The lowest BCUT2D eigenvalue weighted by Gasteiger charge is -2.12. The van der Waals surface area contributed by atoms with Gasteiger partial charge in [-0.05, 0) is 31.2 Å². The lowest BCUT2D eigenvalue weighted by Crippen LogP contribution is -2.14. The highest BCUT2D eigenvalue weighted by molar-refractivity contribution is 6.30. The van der Waals surface area contributed by atoms with Crippen LogP contribution < -0.4 is 5.32 Å². The number of halogens is 4. The molecule has 0 aliphatic rings. The summed E-state index contributed by atoms with van der Waals surface area (Å²) in [6.45, 7) is 3.29. The standard InChI is InChI=1S/C13H14ClF3N4/c1-2-5-18-7-10-8-21(20-19-10)12-4-3-9(14)6-11(12)13(15,16)17/h3-4,6,8,18H,2,5,7H2,1H3. The van der Waals surface area contributed by atoms with E-state index in [0.29, 0.717) is 12.2 Å². The summed E-state index contributed by atoms with van der Waals surface area (Å²) in [6.07, 6.45) is -2.07. The molecule has 0 saturated carbocycles. The molecule has 114 valence electrons. The lowest BCUT2D eigenvalue weighted by atomic mass is 10.1. The number of benzene rings is 1. The minimum atomic E-state index is -4.51. The van der Waals surface area contributed by atoms with Crippen molar-refractivity contribution in [2.75, 3.05) is 6.54 Å². The molecule has 1 heterocycles. The average molecular weight is 319 g/mol. The summed E-state index contributed by atoms with van der Waals surface area (Å²) in [7, 11) is 0. The Bertz CT molecular complexity index is 610. The number of aromatic nitrogens is 3. The predicted octanol–water partition coefficient (Wildman–Crippen LogP) is 3.44. The minimum absolute atomic E-state index is 0.0241. The van der Waals surface area contributed by atoms with Crippen molar-refractivity contribution < 1.29 is 13.2 Å². The van der Waals surface area contributed by atoms with Crippen LogP contribution in [0.1, 0.15) is 24.6 Å². The van der Waals surface area contributed by atoms with Gasteiger partial charge in [0.2, 0.25) is 0 Å². The van der Waals surface area contributed by atoms with Gasteiger partial charge in [0.1, 0.15) is 0 Å². The third-order valence-corrected chi connectivity index (χ3v) is 3.02. The van der Waals surface area contributed by atoms with Gasteiger partial charge in [0, 0.05) is 11.6 Å². The second-order valence-electron chi connectivity index (χ2n) is 4.49. The van der Waals surface area contributed by atoms with Gasteiger partial charge in [-0.3, -0.25) is 0 Å². The van der Waals surface area contributed by atoms with Crippen molar-refractivity contribution in [3.63, 3.8) is 0 Å². The first-order valence-electron chi connectivity index (χ1n) is 6.41. The van der Waals surface area contributed by atoms with Crippen LogP contribution in [0.5, 0.6) is 0 Å². The second-order valence-corrected chi connectivity index (χ2v) is 4.93. The van der Waals surface area contributed by atoms with Crippen molar-refractivity contribution in [2.45, 2.75) is 26.1 Å². The first-order valence-corrected chi connectivity index (χ1v) is 6.78. The van der Waals surface area contributed by atoms with Gasteiger partial charge in [0.25, 0.3) is 0 Å². The Morgan fingerprint density at radius 2 is 2.10 bits per heavy atom. The highest BCUT2D eigenvalue weighted by Crippen LogP contribution is 2.35. The highest BCUT2D eigenvalue weighted by atomic mass is 35.5. The van der Waals surface area contributed by atoms with Crippen molar-refractivity contribution in [2.24, 2.45) is 0 Å². The Morgan fingerprint density at radius 1 is 1.33 bits per heavy atom. The smallest absolute Gasteiger partial charge is 0.311 e. The molecule has 4 nitrogen and oxygen atoms in total. The van der Waals surface area contributed by atoms with E-state index < -0.39 is 11.7 Å². The Morgan fingerprint density at radius 3 is 2.76 bits per heavy atom. The fraction of sp³-hybridized carbons (Fsp3) is 0.385. The van der Waals surface area contributed by atoms with Crippen molar-refractivity contribution in [1.29, 1.82) is 0 Å². The van der Waals surface area contributed by atoms with Gasteiger partial charge < -0.3 is 5.32 Å². The van der Waals surface area contributed by atoms with Crippen molar-refractivity contribution >= 4 is 11.6 Å². The van der Waals surface area contributed by atoms with Gasteiger partial charge in [-0.25, -0.2) is 4.68 Å². The number of rotatable bonds is 5. The number of alkyl halides is 3. The molecular weight excluding hydrogens is 305 g/mol. The van der Waals surface area contributed by atoms with Crippen LogP contribution in [0.15, 0.2) is 24.4 Å². The van der Waals surface area contributed by atoms with E-state index in [-0.39, 0.29) is 10.7 Å². The van der Waals surface area contributed by atoms with E-state index in [1.54, 1.807) is 0 Å². The van der Waals surface area contributed by atoms with Gasteiger partial charge in [-0.15, -0.1) is 5.10 Å². The maximum Gasteiger partial charge on any atom is 0.418 e. The fourth-order valence-electron chi connectivity index (χ4n) is 1.83. The molecule has 0 saturated heterocycles. The van der Waals surface area contributed by atoms with E-state index in [1.165, 1.54) is 18.3 Å². The molecular formula is C13H14ClF3N4. The summed E-state index contributed by atoms with van der Waals surface area (Å²) in [5.41, 5.74) is -0.361. The van der Waals surface area contributed by atoms with Gasteiger partial charge >= 0.3 is 6.18 Å². The molecule has 2 rings (SSSR count). The zero-order chi connectivity index (χ0) is 15.5. The average Bonchev–Trinajstić information content (AvgIpc) is 2.87. The minimum Gasteiger partial charge on any atom is -0.311 e. The van der Waals surface area contributed by atoms with Crippen LogP contribution >= 0.6 is 11.6 Å². The van der Waals surface area contributed by atoms with Crippen molar-refractivity contribution in [1.82, 2.24) is 20.3 Å². The van der Waals surface area contributed by atoms with Gasteiger partial charge in [0.15, 0.2) is 0 Å². The fourth-order valence-corrected chi connectivity index (χ4v) is 2.00. The first-order chi connectivity index (χ1) is 9.91. The summed E-state index contributed by atoms with van der Waals surface area (Å²) in [4.78, 5) is 0. The second kappa shape index (κ2) is 6.44. The lowest BCUT2D eigenvalue weighted by molar-refractivity contribution is -0.137. The number of hydrogen-bond donors (Lipinski definition) is 1. The third kappa shape index (κ3) is 3.95. The summed E-state index contributed by atoms with van der Waals surface area (Å²) in [5.74, 6) is 0. The van der Waals surface area contributed by atoms with Gasteiger partial charge in [0.05, 0.1) is 23.1 Å². The summed E-state index contributed by atoms with van der Waals surface area (Å²) < 4.78 is 40.2. The molecule has 0 aliphatic heterocycles. The predicted molar refractivity (Wildman–Crippen MR) is 73.4 cm³/mol. The Balaban J connectivity index is 2.30. The van der Waals surface area contributed by atoms with Crippen LogP contribution in [0, 0.1) is 0 Å². The SMILES string of the molecule is CCCNCc1cn(-c2ccc(Cl)cc2C(F)(F)F)nn1. The largest absolute Gasteiger partial charge is 0.418 e. The molecule has 1 N–H and O–H groups in total. The van der Waals surface area contributed by atoms with E-state index in [1.807, 2.05) is 6.92 Å². The Hall–Kier alpha value is -1.60. The van der Waals surface area contributed by atoms with Crippen LogP contribution in [0.3, 0.4) is 0 Å². The molecule has 8 heteroatoms. The normalized spacial score (nSPS) is 11.9. The molecule has 1 aromatic carbocycles. The van der Waals surface area contributed by atoms with Gasteiger partial charge in [-0.2, -0.15) is 13.2 Å². The Kier molecular flexibility index (Phi) is 4.84. The van der Waals surface area contributed by atoms with Crippen LogP contribution in [0.2, 0.25) is 5.02 Å². The van der Waals surface area contributed by atoms with E-state index in [4.69, 9.17) is 11.6 Å². The topological polar surface area (TPSA) is 42.7 Å². The maximum absolute atomic E-state index is 13.0. The van der Waals surface area contributed by atoms with Crippen LogP contribution in [-0.2, 0) is 12.7 Å². The zero-order valence-corrected chi connectivity index (χ0v) is 12.0. The molecule has 1 aromatic heterocycles. The molecule has 2 aromatic rings. The Labute approximate surface area is 124 Å². The summed E-state index contributed by atoms with van der Waals surface area (Å²) in [5, 5.41) is 10.7. The van der Waals surface area contributed by atoms with E-state index in [9.17, 15) is 13.2 Å². The third-order valence-electron chi connectivity index (χ3n) is 2.78.